The summed E-state index contributed by atoms with van der Waals surface area (Å²) in [5.74, 6) is 0.0439. The van der Waals surface area contributed by atoms with Gasteiger partial charge in [0.05, 0.1) is 10.5 Å². The SMILES string of the molecule is Cc1c(C(F)(F)F)cccc1S(=O)(=O)N(CCCl)CCCl. The second kappa shape index (κ2) is 7.17. The van der Waals surface area contributed by atoms with Gasteiger partial charge in [0.25, 0.3) is 0 Å². The predicted octanol–water partition coefficient (Wildman–Crippen LogP) is 3.48. The Morgan fingerprint density at radius 3 is 2.10 bits per heavy atom. The van der Waals surface area contributed by atoms with Gasteiger partial charge >= 0.3 is 6.18 Å². The first kappa shape index (κ1) is 18.5. The number of hydrogen-bond donors (Lipinski definition) is 0. The summed E-state index contributed by atoms with van der Waals surface area (Å²) in [4.78, 5) is -0.382. The predicted molar refractivity (Wildman–Crippen MR) is 76.4 cm³/mol. The van der Waals surface area contributed by atoms with Crippen LogP contribution in [0.5, 0.6) is 0 Å². The first-order valence-corrected chi connectivity index (χ1v) is 8.46. The molecule has 3 nitrogen and oxygen atoms in total. The zero-order valence-corrected chi connectivity index (χ0v) is 13.5. The van der Waals surface area contributed by atoms with Gasteiger partial charge in [0.2, 0.25) is 10.0 Å². The van der Waals surface area contributed by atoms with Crippen LogP contribution in [-0.4, -0.2) is 37.6 Å². The maximum Gasteiger partial charge on any atom is 0.416 e. The van der Waals surface area contributed by atoms with Crippen molar-refractivity contribution in [1.82, 2.24) is 4.31 Å². The second-order valence-electron chi connectivity index (χ2n) is 4.21. The van der Waals surface area contributed by atoms with Gasteiger partial charge in [-0.1, -0.05) is 6.07 Å². The maximum atomic E-state index is 12.9. The summed E-state index contributed by atoms with van der Waals surface area (Å²) in [6.45, 7) is 1.09. The molecule has 0 saturated carbocycles. The smallest absolute Gasteiger partial charge is 0.207 e. The number of benzene rings is 1. The Kier molecular flexibility index (Phi) is 6.34. The lowest BCUT2D eigenvalue weighted by molar-refractivity contribution is -0.138. The highest BCUT2D eigenvalue weighted by atomic mass is 35.5. The van der Waals surface area contributed by atoms with Gasteiger partial charge < -0.3 is 0 Å². The molecule has 0 fully saturated rings. The first-order chi connectivity index (χ1) is 9.66. The summed E-state index contributed by atoms with van der Waals surface area (Å²) in [6.07, 6.45) is -4.61. The average molecular weight is 364 g/mol. The Labute approximate surface area is 131 Å². The van der Waals surface area contributed by atoms with E-state index >= 15 is 0 Å². The van der Waals surface area contributed by atoms with E-state index in [4.69, 9.17) is 23.2 Å². The Balaban J connectivity index is 3.38. The molecule has 0 aliphatic heterocycles. The molecule has 0 spiro atoms. The van der Waals surface area contributed by atoms with E-state index in [1.807, 2.05) is 0 Å². The fourth-order valence-electron chi connectivity index (χ4n) is 1.88. The van der Waals surface area contributed by atoms with Crippen LogP contribution in [0.25, 0.3) is 0 Å². The van der Waals surface area contributed by atoms with Crippen molar-refractivity contribution in [2.75, 3.05) is 24.8 Å². The highest BCUT2D eigenvalue weighted by Gasteiger charge is 2.35. The summed E-state index contributed by atoms with van der Waals surface area (Å²) in [5.41, 5.74) is -1.31. The van der Waals surface area contributed by atoms with Crippen molar-refractivity contribution in [3.05, 3.63) is 29.3 Å². The summed E-state index contributed by atoms with van der Waals surface area (Å²) >= 11 is 11.1. The van der Waals surface area contributed by atoms with E-state index < -0.39 is 21.8 Å². The molecular weight excluding hydrogens is 350 g/mol. The van der Waals surface area contributed by atoms with Crippen molar-refractivity contribution in [3.63, 3.8) is 0 Å². The van der Waals surface area contributed by atoms with E-state index in [1.165, 1.54) is 0 Å². The zero-order valence-electron chi connectivity index (χ0n) is 11.1. The van der Waals surface area contributed by atoms with Crippen molar-refractivity contribution in [2.24, 2.45) is 0 Å². The lowest BCUT2D eigenvalue weighted by atomic mass is 10.1. The summed E-state index contributed by atoms with van der Waals surface area (Å²) < 4.78 is 64.5. The van der Waals surface area contributed by atoms with Crippen molar-refractivity contribution in [3.8, 4) is 0 Å². The van der Waals surface area contributed by atoms with Gasteiger partial charge in [0.1, 0.15) is 0 Å². The molecule has 0 heterocycles. The largest absolute Gasteiger partial charge is 0.416 e. The van der Waals surface area contributed by atoms with Crippen molar-refractivity contribution < 1.29 is 21.6 Å². The Bertz CT molecular complexity index is 585. The quantitative estimate of drug-likeness (QED) is 0.725. The summed E-state index contributed by atoms with van der Waals surface area (Å²) in [5, 5.41) is 0. The molecule has 0 saturated heterocycles. The van der Waals surface area contributed by atoms with Crippen molar-refractivity contribution in [1.29, 1.82) is 0 Å². The normalized spacial score (nSPS) is 12.9. The topological polar surface area (TPSA) is 37.4 Å². The van der Waals surface area contributed by atoms with E-state index in [9.17, 15) is 21.6 Å². The van der Waals surface area contributed by atoms with Gasteiger partial charge in [0, 0.05) is 24.8 Å². The third kappa shape index (κ3) is 4.25. The molecule has 9 heteroatoms. The molecule has 1 aromatic rings. The van der Waals surface area contributed by atoms with Gasteiger partial charge in [-0.3, -0.25) is 0 Å². The molecule has 0 atom stereocenters. The number of halogens is 5. The van der Waals surface area contributed by atoms with Gasteiger partial charge in [-0.2, -0.15) is 17.5 Å². The number of alkyl halides is 5. The fraction of sp³-hybridized carbons (Fsp3) is 0.500. The van der Waals surface area contributed by atoms with Gasteiger partial charge in [-0.15, -0.1) is 23.2 Å². The molecule has 1 rings (SSSR count). The standard InChI is InChI=1S/C12H14Cl2F3NO2S/c1-9-10(12(15,16)17)3-2-4-11(9)21(19,20)18(7-5-13)8-6-14/h2-4H,5-8H2,1H3. The van der Waals surface area contributed by atoms with Gasteiger partial charge in [-0.25, -0.2) is 8.42 Å². The second-order valence-corrected chi connectivity index (χ2v) is 6.87. The summed E-state index contributed by atoms with van der Waals surface area (Å²) in [7, 11) is -4.07. The summed E-state index contributed by atoms with van der Waals surface area (Å²) in [6, 6.07) is 3.07. The van der Waals surface area contributed by atoms with Crippen LogP contribution >= 0.6 is 23.2 Å². The Morgan fingerprint density at radius 1 is 1.14 bits per heavy atom. The van der Waals surface area contributed by atoms with E-state index in [2.05, 4.69) is 0 Å². The third-order valence-corrected chi connectivity index (χ3v) is 5.26. The van der Waals surface area contributed by atoms with Crippen LogP contribution in [0.2, 0.25) is 0 Å². The van der Waals surface area contributed by atoms with E-state index in [0.717, 1.165) is 29.4 Å². The molecule has 1 aromatic carbocycles. The number of sulfonamides is 1. The average Bonchev–Trinajstić information content (AvgIpc) is 2.37. The lowest BCUT2D eigenvalue weighted by Gasteiger charge is -2.22. The highest BCUT2D eigenvalue weighted by molar-refractivity contribution is 7.89. The molecule has 21 heavy (non-hydrogen) atoms. The molecule has 0 N–H and O–H groups in total. The van der Waals surface area contributed by atoms with Gasteiger partial charge in [0.15, 0.2) is 0 Å². The molecule has 0 aliphatic carbocycles. The monoisotopic (exact) mass is 363 g/mol. The van der Waals surface area contributed by atoms with Gasteiger partial charge in [-0.05, 0) is 24.6 Å². The molecule has 0 bridgehead atoms. The molecule has 0 radical (unpaired) electrons. The van der Waals surface area contributed by atoms with Crippen LogP contribution in [0.3, 0.4) is 0 Å². The molecule has 0 aliphatic rings. The molecular formula is C12H14Cl2F3NO2S. The van der Waals surface area contributed by atoms with E-state index in [1.54, 1.807) is 0 Å². The fourth-order valence-corrected chi connectivity index (χ4v) is 4.18. The minimum atomic E-state index is -4.61. The van der Waals surface area contributed by atoms with Crippen LogP contribution in [0.1, 0.15) is 11.1 Å². The van der Waals surface area contributed by atoms with Crippen LogP contribution in [0.15, 0.2) is 23.1 Å². The first-order valence-electron chi connectivity index (χ1n) is 5.95. The third-order valence-electron chi connectivity index (χ3n) is 2.88. The molecule has 0 unspecified atom stereocenters. The number of rotatable bonds is 6. The zero-order chi connectivity index (χ0) is 16.3. The van der Waals surface area contributed by atoms with Crippen LogP contribution in [-0.2, 0) is 16.2 Å². The van der Waals surface area contributed by atoms with Crippen LogP contribution < -0.4 is 0 Å². The molecule has 0 aromatic heterocycles. The highest BCUT2D eigenvalue weighted by Crippen LogP contribution is 2.34. The van der Waals surface area contributed by atoms with E-state index in [0.29, 0.717) is 0 Å². The Hall–Kier alpha value is -0.500. The van der Waals surface area contributed by atoms with Crippen molar-refractivity contribution in [2.45, 2.75) is 18.0 Å². The number of hydrogen-bond acceptors (Lipinski definition) is 2. The molecule has 120 valence electrons. The van der Waals surface area contributed by atoms with Crippen LogP contribution in [0, 0.1) is 6.92 Å². The number of nitrogens with zero attached hydrogens (tertiary/aromatic N) is 1. The lowest BCUT2D eigenvalue weighted by Crippen LogP contribution is -2.35. The minimum absolute atomic E-state index is 0.0215. The van der Waals surface area contributed by atoms with Crippen molar-refractivity contribution >= 4 is 33.2 Å². The molecule has 0 amide bonds. The maximum absolute atomic E-state index is 12.9. The van der Waals surface area contributed by atoms with Crippen LogP contribution in [0.4, 0.5) is 13.2 Å². The minimum Gasteiger partial charge on any atom is -0.207 e. The van der Waals surface area contributed by atoms with E-state index in [-0.39, 0.29) is 35.3 Å². The Morgan fingerprint density at radius 2 is 1.67 bits per heavy atom.